The predicted octanol–water partition coefficient (Wildman–Crippen LogP) is 4.41. The number of carbonyl (C=O) groups excluding carboxylic acids is 9. The fourth-order valence-corrected chi connectivity index (χ4v) is 10.5. The molecular weight excluding hydrogens is 997 g/mol. The zero-order valence-corrected chi connectivity index (χ0v) is 48.8. The Hall–Kier alpha value is -6.37. The van der Waals surface area contributed by atoms with Gasteiger partial charge in [0.05, 0.1) is 0 Å². The lowest BCUT2D eigenvalue weighted by Crippen LogP contribution is -2.62. The number of hydrogen-bond donors (Lipinski definition) is 5. The molecule has 4 rings (SSSR count). The van der Waals surface area contributed by atoms with Crippen LogP contribution >= 0.6 is 0 Å². The van der Waals surface area contributed by atoms with Crippen molar-refractivity contribution in [1.82, 2.24) is 40.9 Å². The first kappa shape index (κ1) is 64.2. The average Bonchev–Trinajstić information content (AvgIpc) is 3.92. The molecule has 0 unspecified atom stereocenters. The van der Waals surface area contributed by atoms with E-state index in [0.29, 0.717) is 30.4 Å². The number of rotatable bonds is 13. The molecule has 2 saturated heterocycles. The summed E-state index contributed by atoms with van der Waals surface area (Å²) in [4.78, 5) is 138. The molecule has 0 radical (unpaired) electrons. The molecule has 8 amide bonds. The Morgan fingerprint density at radius 2 is 1.08 bits per heavy atom. The first-order valence-corrected chi connectivity index (χ1v) is 28.0. The SMILES string of the molecule is CC[C@@H](C)[C@H]1C(=O)N[C@@H](CC(C)C)C(=O)N(C)[C@@H](C(C)C)C(=O)O[C@@H](C(C)C)C(=O)N[C@@H](C(C)C)C(=O)N[C@H](Cc2ccccc2)C(=O)N(C)[C@H]([C@@H](O)c2ccccc2)C(=O)N2CCC[C@H]2C(=O)N[C@@H]([C@@H](C)CC)C(=O)N1C. The van der Waals surface area contributed by atoms with Crippen molar-refractivity contribution in [3.05, 3.63) is 71.8 Å². The van der Waals surface area contributed by atoms with Crippen LogP contribution in [0.5, 0.6) is 0 Å². The summed E-state index contributed by atoms with van der Waals surface area (Å²) in [6.07, 6.45) is -1.53. The molecular formula is C59H90N8O11. The summed E-state index contributed by atoms with van der Waals surface area (Å²) in [6, 6.07) is 7.02. The zero-order valence-electron chi connectivity index (χ0n) is 48.8. The zero-order chi connectivity index (χ0) is 58.5. The largest absolute Gasteiger partial charge is 0.450 e. The first-order valence-electron chi connectivity index (χ1n) is 28.0. The van der Waals surface area contributed by atoms with Crippen molar-refractivity contribution in [3.8, 4) is 0 Å². The van der Waals surface area contributed by atoms with E-state index in [1.807, 2.05) is 34.6 Å². The van der Waals surface area contributed by atoms with Crippen molar-refractivity contribution in [2.75, 3.05) is 27.7 Å². The van der Waals surface area contributed by atoms with Crippen molar-refractivity contribution in [3.63, 3.8) is 0 Å². The number of cyclic esters (lactones) is 1. The Kier molecular flexibility index (Phi) is 23.9. The lowest BCUT2D eigenvalue weighted by molar-refractivity contribution is -0.167. The van der Waals surface area contributed by atoms with E-state index in [0.717, 1.165) is 4.90 Å². The molecule has 12 atom stereocenters. The number of fused-ring (bicyclic) bond motifs is 1. The number of aliphatic hydroxyl groups is 1. The van der Waals surface area contributed by atoms with Crippen molar-refractivity contribution in [1.29, 1.82) is 0 Å². The normalized spacial score (nSPS) is 26.8. The van der Waals surface area contributed by atoms with Crippen LogP contribution in [0.25, 0.3) is 0 Å². The van der Waals surface area contributed by atoms with E-state index in [-0.39, 0.29) is 31.7 Å². The molecule has 2 fully saturated rings. The summed E-state index contributed by atoms with van der Waals surface area (Å²) in [5.41, 5.74) is 0.944. The molecule has 2 heterocycles. The molecule has 2 aromatic rings. The number of nitrogens with zero attached hydrogens (tertiary/aromatic N) is 4. The van der Waals surface area contributed by atoms with Crippen LogP contribution in [0.3, 0.4) is 0 Å². The van der Waals surface area contributed by atoms with Gasteiger partial charge in [-0.1, -0.05) is 157 Å². The molecule has 0 spiro atoms. The number of ether oxygens (including phenoxy) is 1. The highest BCUT2D eigenvalue weighted by Crippen LogP contribution is 2.29. The van der Waals surface area contributed by atoms with Crippen LogP contribution in [0.15, 0.2) is 60.7 Å². The van der Waals surface area contributed by atoms with Gasteiger partial charge in [0.2, 0.25) is 41.4 Å². The van der Waals surface area contributed by atoms with Gasteiger partial charge in [-0.25, -0.2) is 4.79 Å². The summed E-state index contributed by atoms with van der Waals surface area (Å²) in [7, 11) is 4.27. The van der Waals surface area contributed by atoms with Gasteiger partial charge < -0.3 is 50.7 Å². The van der Waals surface area contributed by atoms with E-state index in [4.69, 9.17) is 4.74 Å². The van der Waals surface area contributed by atoms with Gasteiger partial charge in [0.1, 0.15) is 54.4 Å². The fraction of sp³-hybridized carbons (Fsp3) is 0.644. The Balaban J connectivity index is 1.96. The van der Waals surface area contributed by atoms with E-state index >= 15 is 9.59 Å². The Morgan fingerprint density at radius 3 is 1.62 bits per heavy atom. The van der Waals surface area contributed by atoms with E-state index in [2.05, 4.69) is 21.3 Å². The standard InChI is InChI=1S/C59H90N8O11/c1-16-37(11)45-57(75)65(14)47(38(12)17-2)53(71)61-41(31-33(3)4)55(73)64(13)46(35(7)8)59(77)78-50(36(9)10)54(72)62-44(34(5)6)52(70)60-42(32-39-25-20-18-21-26-39)56(74)66(15)48(49(68)40-27-22-19-23-28-40)58(76)67-30-24-29-43(67)51(69)63-45/h18-23,25-28,33-38,41-50,68H,16-17,24,29-32H2,1-15H3,(H,60,70)(H,61,71)(H,62,72)(H,63,69)/t37-,38+,41-,42+,43-,44-,45-,46-,47-,48+,49-,50-/m0/s1. The maximum absolute atomic E-state index is 15.3. The summed E-state index contributed by atoms with van der Waals surface area (Å²) in [5.74, 6) is -9.22. The molecule has 0 aromatic heterocycles. The first-order chi connectivity index (χ1) is 36.7. The highest BCUT2D eigenvalue weighted by atomic mass is 16.6. The molecule has 0 bridgehead atoms. The van der Waals surface area contributed by atoms with Crippen LogP contribution in [-0.2, 0) is 54.3 Å². The molecule has 5 N–H and O–H groups in total. The summed E-state index contributed by atoms with van der Waals surface area (Å²) < 4.78 is 6.01. The molecule has 2 aliphatic rings. The van der Waals surface area contributed by atoms with Crippen LogP contribution in [0.4, 0.5) is 0 Å². The van der Waals surface area contributed by atoms with Crippen molar-refractivity contribution in [2.24, 2.45) is 35.5 Å². The highest BCUT2D eigenvalue weighted by molar-refractivity contribution is 5.99. The summed E-state index contributed by atoms with van der Waals surface area (Å²) >= 11 is 0. The van der Waals surface area contributed by atoms with Gasteiger partial charge in [-0.2, -0.15) is 0 Å². The van der Waals surface area contributed by atoms with Gasteiger partial charge in [-0.15, -0.1) is 0 Å². The minimum Gasteiger partial charge on any atom is -0.450 e. The third-order valence-corrected chi connectivity index (χ3v) is 15.5. The van der Waals surface area contributed by atoms with Crippen LogP contribution in [-0.4, -0.2) is 160 Å². The number of hydrogen-bond acceptors (Lipinski definition) is 11. The third-order valence-electron chi connectivity index (χ3n) is 15.5. The van der Waals surface area contributed by atoms with Gasteiger partial charge >= 0.3 is 5.97 Å². The van der Waals surface area contributed by atoms with Gasteiger partial charge in [0, 0.05) is 34.1 Å². The fourth-order valence-electron chi connectivity index (χ4n) is 10.5. The van der Waals surface area contributed by atoms with Crippen LogP contribution in [0, 0.1) is 35.5 Å². The Morgan fingerprint density at radius 1 is 0.551 bits per heavy atom. The lowest BCUT2D eigenvalue weighted by atomic mass is 9.92. The monoisotopic (exact) mass is 1090 g/mol. The predicted molar refractivity (Wildman–Crippen MR) is 296 cm³/mol. The van der Waals surface area contributed by atoms with E-state index < -0.39 is 143 Å². The van der Waals surface area contributed by atoms with Gasteiger partial charge in [0.25, 0.3) is 5.91 Å². The molecule has 2 aliphatic heterocycles. The second-order valence-corrected chi connectivity index (χ2v) is 23.0. The number of esters is 1. The summed E-state index contributed by atoms with van der Waals surface area (Å²) in [5, 5.41) is 23.7. The van der Waals surface area contributed by atoms with Gasteiger partial charge in [-0.05, 0) is 65.9 Å². The van der Waals surface area contributed by atoms with Crippen LogP contribution in [0.1, 0.15) is 132 Å². The molecule has 0 aliphatic carbocycles. The van der Waals surface area contributed by atoms with Crippen LogP contribution in [0.2, 0.25) is 0 Å². The molecule has 78 heavy (non-hydrogen) atoms. The molecule has 19 heteroatoms. The summed E-state index contributed by atoms with van der Waals surface area (Å²) in [6.45, 7) is 21.3. The Bertz CT molecular complexity index is 2380. The smallest absolute Gasteiger partial charge is 0.329 e. The Labute approximate surface area is 462 Å². The van der Waals surface area contributed by atoms with Gasteiger partial charge in [-0.3, -0.25) is 38.4 Å². The molecule has 19 nitrogen and oxygen atoms in total. The molecule has 2 aromatic carbocycles. The van der Waals surface area contributed by atoms with Gasteiger partial charge in [0.15, 0.2) is 6.10 Å². The topological polar surface area (TPSA) is 244 Å². The van der Waals surface area contributed by atoms with Crippen LogP contribution < -0.4 is 21.3 Å². The van der Waals surface area contributed by atoms with E-state index in [1.165, 1.54) is 35.8 Å². The number of nitrogens with one attached hydrogen (secondary N) is 4. The molecule has 0 saturated carbocycles. The average molecular weight is 1090 g/mol. The second kappa shape index (κ2) is 29.0. The lowest BCUT2D eigenvalue weighted by Gasteiger charge is -2.38. The van der Waals surface area contributed by atoms with Crippen molar-refractivity contribution in [2.45, 2.75) is 182 Å². The minimum atomic E-state index is -1.64. The number of amides is 8. The number of aliphatic hydroxyl groups excluding tert-OH is 1. The maximum Gasteiger partial charge on any atom is 0.329 e. The third kappa shape index (κ3) is 15.9. The second-order valence-electron chi connectivity index (χ2n) is 23.0. The highest BCUT2D eigenvalue weighted by Gasteiger charge is 2.47. The van der Waals surface area contributed by atoms with Crippen molar-refractivity contribution >= 4 is 53.2 Å². The number of likely N-dealkylation sites (N-methyl/N-ethyl adjacent to an activating group) is 3. The number of carbonyl (C=O) groups is 9. The quantitative estimate of drug-likeness (QED) is 0.176. The van der Waals surface area contributed by atoms with Crippen molar-refractivity contribution < 1.29 is 53.0 Å². The minimum absolute atomic E-state index is 0.0722. The van der Waals surface area contributed by atoms with E-state index in [9.17, 15) is 38.7 Å². The van der Waals surface area contributed by atoms with E-state index in [1.54, 1.807) is 109 Å². The number of benzene rings is 2. The maximum atomic E-state index is 15.3. The molecule has 432 valence electrons.